The maximum absolute atomic E-state index is 13.2. The van der Waals surface area contributed by atoms with Gasteiger partial charge in [0.25, 0.3) is 5.91 Å². The molecule has 132 valence electrons. The van der Waals surface area contributed by atoms with E-state index in [4.69, 9.17) is 0 Å². The Morgan fingerprint density at radius 3 is 2.80 bits per heavy atom. The summed E-state index contributed by atoms with van der Waals surface area (Å²) in [4.78, 5) is 18.1. The standard InChI is InChI=1S/C22H28N2O/c25-22(16-7-2-1-3-8-16)24-12-6-9-17-13-18-14-19(21(17)24)15-23-11-5-4-10-20(18)23/h1-3,7-8,13,18-21H,4-6,9-12,14-15H2/t18-,19-,20-,21-/m1/s1. The normalized spacial score (nSPS) is 34.7. The Bertz CT molecular complexity index is 683. The Hall–Kier alpha value is -1.61. The van der Waals surface area contributed by atoms with Gasteiger partial charge in [0.15, 0.2) is 0 Å². The van der Waals surface area contributed by atoms with Crippen LogP contribution in [0.5, 0.6) is 0 Å². The van der Waals surface area contributed by atoms with Gasteiger partial charge in [0, 0.05) is 24.7 Å². The van der Waals surface area contributed by atoms with E-state index in [0.29, 0.717) is 12.0 Å². The summed E-state index contributed by atoms with van der Waals surface area (Å²) in [6.07, 6.45) is 10.3. The highest BCUT2D eigenvalue weighted by Crippen LogP contribution is 2.45. The van der Waals surface area contributed by atoms with Gasteiger partial charge in [-0.05, 0) is 62.6 Å². The van der Waals surface area contributed by atoms with E-state index in [2.05, 4.69) is 15.9 Å². The summed E-state index contributed by atoms with van der Waals surface area (Å²) in [6.45, 7) is 3.38. The maximum Gasteiger partial charge on any atom is 0.254 e. The van der Waals surface area contributed by atoms with E-state index >= 15 is 0 Å². The van der Waals surface area contributed by atoms with Crippen LogP contribution in [0.2, 0.25) is 0 Å². The molecule has 2 bridgehead atoms. The summed E-state index contributed by atoms with van der Waals surface area (Å²) < 4.78 is 0. The lowest BCUT2D eigenvalue weighted by atomic mass is 9.68. The van der Waals surface area contributed by atoms with Crippen molar-refractivity contribution in [2.24, 2.45) is 11.8 Å². The number of rotatable bonds is 1. The smallest absolute Gasteiger partial charge is 0.254 e. The molecule has 3 heteroatoms. The molecular formula is C22H28N2O. The zero-order valence-corrected chi connectivity index (χ0v) is 14.9. The average molecular weight is 336 g/mol. The number of benzene rings is 1. The first-order valence-electron chi connectivity index (χ1n) is 10.1. The van der Waals surface area contributed by atoms with Crippen LogP contribution in [0.3, 0.4) is 0 Å². The molecule has 0 aromatic heterocycles. The van der Waals surface area contributed by atoms with Crippen LogP contribution in [-0.2, 0) is 0 Å². The molecule has 5 rings (SSSR count). The lowest BCUT2D eigenvalue weighted by Gasteiger charge is -2.54. The maximum atomic E-state index is 13.2. The molecule has 0 N–H and O–H groups in total. The highest BCUT2D eigenvalue weighted by atomic mass is 16.2. The lowest BCUT2D eigenvalue weighted by Crippen LogP contribution is -2.60. The van der Waals surface area contributed by atoms with Crippen LogP contribution in [0.4, 0.5) is 0 Å². The van der Waals surface area contributed by atoms with E-state index in [1.807, 2.05) is 30.3 Å². The van der Waals surface area contributed by atoms with Gasteiger partial charge in [0.1, 0.15) is 0 Å². The fourth-order valence-corrected chi connectivity index (χ4v) is 5.95. The highest BCUT2D eigenvalue weighted by molar-refractivity contribution is 5.94. The van der Waals surface area contributed by atoms with Crippen molar-refractivity contribution >= 4 is 5.91 Å². The zero-order chi connectivity index (χ0) is 16.8. The van der Waals surface area contributed by atoms with Crippen molar-refractivity contribution < 1.29 is 4.79 Å². The second kappa shape index (κ2) is 6.28. The number of hydrogen-bond donors (Lipinski definition) is 0. The molecule has 3 nitrogen and oxygen atoms in total. The number of nitrogens with zero attached hydrogens (tertiary/aromatic N) is 2. The van der Waals surface area contributed by atoms with Gasteiger partial charge in [0.2, 0.25) is 0 Å². The second-order valence-electron chi connectivity index (χ2n) is 8.37. The average Bonchev–Trinajstić information content (AvgIpc) is 2.68. The van der Waals surface area contributed by atoms with Gasteiger partial charge < -0.3 is 4.90 Å². The minimum absolute atomic E-state index is 0.232. The first-order chi connectivity index (χ1) is 12.3. The van der Waals surface area contributed by atoms with Crippen LogP contribution in [0.25, 0.3) is 0 Å². The Labute approximate surface area is 150 Å². The molecule has 3 fully saturated rings. The summed E-state index contributed by atoms with van der Waals surface area (Å²) in [5.74, 6) is 1.60. The van der Waals surface area contributed by atoms with Gasteiger partial charge in [-0.25, -0.2) is 0 Å². The van der Waals surface area contributed by atoms with Crippen LogP contribution in [0.1, 0.15) is 48.9 Å². The third-order valence-electron chi connectivity index (χ3n) is 6.94. The van der Waals surface area contributed by atoms with Crippen molar-refractivity contribution in [3.05, 3.63) is 47.5 Å². The van der Waals surface area contributed by atoms with Crippen LogP contribution in [0.15, 0.2) is 42.0 Å². The van der Waals surface area contributed by atoms with Crippen molar-refractivity contribution in [2.45, 2.75) is 50.6 Å². The zero-order valence-electron chi connectivity index (χ0n) is 14.9. The minimum atomic E-state index is 0.232. The number of carbonyl (C=O) groups excluding carboxylic acids is 1. The summed E-state index contributed by atoms with van der Waals surface area (Å²) in [7, 11) is 0. The van der Waals surface area contributed by atoms with Gasteiger partial charge >= 0.3 is 0 Å². The minimum Gasteiger partial charge on any atom is -0.332 e. The largest absolute Gasteiger partial charge is 0.332 e. The van der Waals surface area contributed by atoms with Crippen molar-refractivity contribution in [1.82, 2.24) is 9.80 Å². The molecule has 1 aromatic rings. The molecule has 1 aliphatic carbocycles. The first-order valence-corrected chi connectivity index (χ1v) is 10.1. The van der Waals surface area contributed by atoms with E-state index in [1.54, 1.807) is 5.57 Å². The molecule has 25 heavy (non-hydrogen) atoms. The SMILES string of the molecule is O=C(c1ccccc1)N1CCCC2=C[C@@H]3C[C@H](CN4CCCC[C@H]34)[C@@H]21. The second-order valence-corrected chi connectivity index (χ2v) is 8.37. The van der Waals surface area contributed by atoms with Crippen molar-refractivity contribution in [3.8, 4) is 0 Å². The Morgan fingerprint density at radius 1 is 1.04 bits per heavy atom. The molecule has 3 saturated heterocycles. The Balaban J connectivity index is 1.46. The fourth-order valence-electron chi connectivity index (χ4n) is 5.95. The fraction of sp³-hybridized carbons (Fsp3) is 0.591. The molecule has 3 aliphatic heterocycles. The van der Waals surface area contributed by atoms with Crippen LogP contribution < -0.4 is 0 Å². The van der Waals surface area contributed by atoms with E-state index < -0.39 is 0 Å². The number of piperidine rings is 3. The van der Waals surface area contributed by atoms with Gasteiger partial charge in [-0.1, -0.05) is 36.3 Å². The first kappa shape index (κ1) is 15.6. The lowest BCUT2D eigenvalue weighted by molar-refractivity contribution is 0.00148. The van der Waals surface area contributed by atoms with Crippen molar-refractivity contribution in [1.29, 1.82) is 0 Å². The molecule has 0 unspecified atom stereocenters. The number of amides is 1. The topological polar surface area (TPSA) is 23.6 Å². The van der Waals surface area contributed by atoms with E-state index in [-0.39, 0.29) is 5.91 Å². The molecule has 1 aromatic carbocycles. The quantitative estimate of drug-likeness (QED) is 0.730. The summed E-state index contributed by atoms with van der Waals surface area (Å²) in [5, 5.41) is 0. The van der Waals surface area contributed by atoms with Crippen LogP contribution >= 0.6 is 0 Å². The van der Waals surface area contributed by atoms with E-state index in [1.165, 1.54) is 45.2 Å². The monoisotopic (exact) mass is 336 g/mol. The Morgan fingerprint density at radius 2 is 1.92 bits per heavy atom. The van der Waals surface area contributed by atoms with Crippen LogP contribution in [-0.4, -0.2) is 47.4 Å². The molecule has 4 aliphatic rings. The summed E-state index contributed by atoms with van der Waals surface area (Å²) in [6, 6.07) is 11.0. The highest BCUT2D eigenvalue weighted by Gasteiger charge is 2.46. The van der Waals surface area contributed by atoms with E-state index in [9.17, 15) is 4.79 Å². The Kier molecular flexibility index (Phi) is 3.93. The van der Waals surface area contributed by atoms with Gasteiger partial charge in [-0.3, -0.25) is 9.69 Å². The molecule has 3 heterocycles. The van der Waals surface area contributed by atoms with Crippen molar-refractivity contribution in [3.63, 3.8) is 0 Å². The third kappa shape index (κ3) is 2.64. The predicted molar refractivity (Wildman–Crippen MR) is 99.4 cm³/mol. The van der Waals surface area contributed by atoms with Crippen LogP contribution in [0, 0.1) is 11.8 Å². The molecule has 4 atom stereocenters. The summed E-state index contributed by atoms with van der Waals surface area (Å²) >= 11 is 0. The number of fused-ring (bicyclic) bond motifs is 6. The molecule has 0 saturated carbocycles. The molecule has 0 spiro atoms. The molecular weight excluding hydrogens is 308 g/mol. The van der Waals surface area contributed by atoms with Crippen molar-refractivity contribution in [2.75, 3.05) is 19.6 Å². The number of hydrogen-bond acceptors (Lipinski definition) is 2. The summed E-state index contributed by atoms with van der Waals surface area (Å²) in [5.41, 5.74) is 2.42. The van der Waals surface area contributed by atoms with Gasteiger partial charge in [0.05, 0.1) is 6.04 Å². The molecule has 0 radical (unpaired) electrons. The predicted octanol–water partition coefficient (Wildman–Crippen LogP) is 3.72. The van der Waals surface area contributed by atoms with Gasteiger partial charge in [-0.2, -0.15) is 0 Å². The number of likely N-dealkylation sites (tertiary alicyclic amines) is 1. The number of carbonyl (C=O) groups is 1. The third-order valence-corrected chi connectivity index (χ3v) is 6.94. The molecule has 1 amide bonds. The van der Waals surface area contributed by atoms with E-state index in [0.717, 1.165) is 30.5 Å². The van der Waals surface area contributed by atoms with Gasteiger partial charge in [-0.15, -0.1) is 0 Å².